The summed E-state index contributed by atoms with van der Waals surface area (Å²) in [7, 11) is -2.01. The lowest BCUT2D eigenvalue weighted by Crippen LogP contribution is -2.14. The van der Waals surface area contributed by atoms with Crippen LogP contribution in [0.25, 0.3) is 0 Å². The predicted octanol–water partition coefficient (Wildman–Crippen LogP) is 0.719. The van der Waals surface area contributed by atoms with E-state index in [0.29, 0.717) is 0 Å². The average molecular weight is 320 g/mol. The largest absolute Gasteiger partial charge is 0.488 e. The van der Waals surface area contributed by atoms with Crippen LogP contribution in [0.4, 0.5) is 16.2 Å². The standard InChI is InChI=1S/C11H16N2O7S/c1-18-3-4-20-10-8(12)5-7(13-11(14)19-2)6-9(10)21(15,16)17/h5-6H,3-4,12H2,1-2H3,(H,13,14)(H,15,16,17). The molecular formula is C11H16N2O7S. The fourth-order valence-electron chi connectivity index (χ4n) is 1.44. The molecule has 10 heteroatoms. The van der Waals surface area contributed by atoms with E-state index in [9.17, 15) is 17.8 Å². The van der Waals surface area contributed by atoms with Crippen molar-refractivity contribution in [3.05, 3.63) is 12.1 Å². The van der Waals surface area contributed by atoms with Crippen LogP contribution in [0.5, 0.6) is 5.75 Å². The number of hydrogen-bond acceptors (Lipinski definition) is 7. The van der Waals surface area contributed by atoms with Gasteiger partial charge in [0.2, 0.25) is 0 Å². The minimum Gasteiger partial charge on any atom is -0.488 e. The van der Waals surface area contributed by atoms with Crippen molar-refractivity contribution in [1.82, 2.24) is 0 Å². The van der Waals surface area contributed by atoms with Crippen LogP contribution in [0.1, 0.15) is 0 Å². The normalized spacial score (nSPS) is 11.0. The number of ether oxygens (including phenoxy) is 3. The van der Waals surface area contributed by atoms with Gasteiger partial charge in [0.1, 0.15) is 11.5 Å². The SMILES string of the molecule is COCCOc1c(N)cc(NC(=O)OC)cc1S(=O)(=O)O. The van der Waals surface area contributed by atoms with Crippen molar-refractivity contribution in [2.24, 2.45) is 0 Å². The van der Waals surface area contributed by atoms with E-state index in [1.54, 1.807) is 0 Å². The molecule has 1 amide bonds. The number of nitrogens with one attached hydrogen (secondary N) is 1. The Hall–Kier alpha value is -2.04. The van der Waals surface area contributed by atoms with E-state index >= 15 is 0 Å². The summed E-state index contributed by atoms with van der Waals surface area (Å²) in [5.74, 6) is -0.218. The lowest BCUT2D eigenvalue weighted by Gasteiger charge is -2.14. The van der Waals surface area contributed by atoms with Gasteiger partial charge in [-0.25, -0.2) is 4.79 Å². The van der Waals surface area contributed by atoms with E-state index in [4.69, 9.17) is 15.2 Å². The average Bonchev–Trinajstić information content (AvgIpc) is 2.39. The second-order valence-electron chi connectivity index (χ2n) is 3.83. The highest BCUT2D eigenvalue weighted by Crippen LogP contribution is 2.34. The summed E-state index contributed by atoms with van der Waals surface area (Å²) < 4.78 is 46.3. The van der Waals surface area contributed by atoms with Crippen molar-refractivity contribution in [2.75, 3.05) is 38.5 Å². The van der Waals surface area contributed by atoms with E-state index < -0.39 is 21.1 Å². The molecule has 0 aliphatic carbocycles. The molecule has 1 aromatic carbocycles. The van der Waals surface area contributed by atoms with Gasteiger partial charge >= 0.3 is 6.09 Å². The smallest absolute Gasteiger partial charge is 0.411 e. The fourth-order valence-corrected chi connectivity index (χ4v) is 2.12. The Morgan fingerprint density at radius 2 is 2.00 bits per heavy atom. The van der Waals surface area contributed by atoms with Crippen molar-refractivity contribution in [1.29, 1.82) is 0 Å². The second-order valence-corrected chi connectivity index (χ2v) is 5.22. The molecule has 0 aliphatic heterocycles. The number of nitrogens with two attached hydrogens (primary N) is 1. The van der Waals surface area contributed by atoms with Gasteiger partial charge in [0.15, 0.2) is 5.75 Å². The molecule has 21 heavy (non-hydrogen) atoms. The zero-order chi connectivity index (χ0) is 16.0. The molecule has 1 rings (SSSR count). The first-order valence-electron chi connectivity index (χ1n) is 5.67. The number of amides is 1. The highest BCUT2D eigenvalue weighted by molar-refractivity contribution is 7.86. The maximum absolute atomic E-state index is 11.4. The lowest BCUT2D eigenvalue weighted by molar-refractivity contribution is 0.145. The zero-order valence-corrected chi connectivity index (χ0v) is 12.3. The van der Waals surface area contributed by atoms with Crippen molar-refractivity contribution >= 4 is 27.6 Å². The summed E-state index contributed by atoms with van der Waals surface area (Å²) in [5.41, 5.74) is 5.64. The van der Waals surface area contributed by atoms with E-state index in [1.165, 1.54) is 13.2 Å². The van der Waals surface area contributed by atoms with Crippen LogP contribution >= 0.6 is 0 Å². The third kappa shape index (κ3) is 4.77. The van der Waals surface area contributed by atoms with E-state index in [2.05, 4.69) is 10.1 Å². The summed E-state index contributed by atoms with van der Waals surface area (Å²) in [5, 5.41) is 2.24. The monoisotopic (exact) mass is 320 g/mol. The molecule has 0 aliphatic rings. The number of rotatable bonds is 6. The molecule has 0 atom stereocenters. The first kappa shape index (κ1) is 17.0. The third-order valence-corrected chi connectivity index (χ3v) is 3.19. The molecule has 0 saturated carbocycles. The Balaban J connectivity index is 3.21. The summed E-state index contributed by atoms with van der Waals surface area (Å²) in [4.78, 5) is 10.6. The van der Waals surface area contributed by atoms with Gasteiger partial charge in [-0.3, -0.25) is 9.87 Å². The number of hydrogen-bond donors (Lipinski definition) is 3. The molecule has 4 N–H and O–H groups in total. The maximum Gasteiger partial charge on any atom is 0.411 e. The number of methoxy groups -OCH3 is 2. The molecule has 1 aromatic rings. The quantitative estimate of drug-likeness (QED) is 0.396. The van der Waals surface area contributed by atoms with Gasteiger partial charge in [-0.1, -0.05) is 0 Å². The Labute approximate surface area is 121 Å². The van der Waals surface area contributed by atoms with E-state index in [-0.39, 0.29) is 30.3 Å². The molecule has 9 nitrogen and oxygen atoms in total. The van der Waals surface area contributed by atoms with E-state index in [1.807, 2.05) is 0 Å². The highest BCUT2D eigenvalue weighted by atomic mass is 32.2. The lowest BCUT2D eigenvalue weighted by atomic mass is 10.2. The van der Waals surface area contributed by atoms with Gasteiger partial charge in [0.25, 0.3) is 10.1 Å². The number of carbonyl (C=O) groups excluding carboxylic acids is 1. The number of benzene rings is 1. The molecule has 0 radical (unpaired) electrons. The Kier molecular flexibility index (Phi) is 5.76. The molecule has 0 heterocycles. The molecule has 0 unspecified atom stereocenters. The van der Waals surface area contributed by atoms with Crippen LogP contribution in [-0.4, -0.2) is 46.5 Å². The van der Waals surface area contributed by atoms with Crippen molar-refractivity contribution in [3.8, 4) is 5.75 Å². The fraction of sp³-hybridized carbons (Fsp3) is 0.364. The van der Waals surface area contributed by atoms with Crippen LogP contribution < -0.4 is 15.8 Å². The molecular weight excluding hydrogens is 304 g/mol. The van der Waals surface area contributed by atoms with Gasteiger partial charge in [-0.15, -0.1) is 0 Å². The Morgan fingerprint density at radius 3 is 2.52 bits per heavy atom. The first-order valence-corrected chi connectivity index (χ1v) is 7.11. The van der Waals surface area contributed by atoms with Gasteiger partial charge in [0, 0.05) is 12.8 Å². The van der Waals surface area contributed by atoms with Gasteiger partial charge in [0.05, 0.1) is 19.4 Å². The molecule has 0 fully saturated rings. The second kappa shape index (κ2) is 7.11. The summed E-state index contributed by atoms with van der Waals surface area (Å²) in [6, 6.07) is 2.28. The van der Waals surface area contributed by atoms with Crippen LogP contribution in [0.15, 0.2) is 17.0 Å². The topological polar surface area (TPSA) is 137 Å². The molecule has 0 aromatic heterocycles. The summed E-state index contributed by atoms with van der Waals surface area (Å²) >= 11 is 0. The van der Waals surface area contributed by atoms with Gasteiger partial charge in [-0.2, -0.15) is 8.42 Å². The van der Waals surface area contributed by atoms with Crippen LogP contribution in [0.3, 0.4) is 0 Å². The molecule has 0 spiro atoms. The first-order chi connectivity index (χ1) is 9.79. The number of nitrogen functional groups attached to an aromatic ring is 1. The van der Waals surface area contributed by atoms with Crippen molar-refractivity contribution in [3.63, 3.8) is 0 Å². The minimum atomic E-state index is -4.60. The third-order valence-electron chi connectivity index (χ3n) is 2.33. The van der Waals surface area contributed by atoms with E-state index in [0.717, 1.165) is 13.2 Å². The Bertz CT molecular complexity index is 615. The molecule has 0 saturated heterocycles. The summed E-state index contributed by atoms with van der Waals surface area (Å²) in [6.07, 6.45) is -0.816. The van der Waals surface area contributed by atoms with Gasteiger partial charge in [-0.05, 0) is 12.1 Å². The van der Waals surface area contributed by atoms with Gasteiger partial charge < -0.3 is 19.9 Å². The highest BCUT2D eigenvalue weighted by Gasteiger charge is 2.21. The summed E-state index contributed by atoms with van der Waals surface area (Å²) in [6.45, 7) is 0.236. The maximum atomic E-state index is 11.4. The number of carbonyl (C=O) groups is 1. The van der Waals surface area contributed by atoms with Crippen molar-refractivity contribution < 1.29 is 32.0 Å². The molecule has 0 bridgehead atoms. The predicted molar refractivity (Wildman–Crippen MR) is 74.1 cm³/mol. The van der Waals surface area contributed by atoms with Crippen LogP contribution in [0.2, 0.25) is 0 Å². The van der Waals surface area contributed by atoms with Crippen LogP contribution in [-0.2, 0) is 19.6 Å². The zero-order valence-electron chi connectivity index (χ0n) is 11.5. The van der Waals surface area contributed by atoms with Crippen LogP contribution in [0, 0.1) is 0 Å². The number of anilines is 2. The van der Waals surface area contributed by atoms with Crippen molar-refractivity contribution in [2.45, 2.75) is 4.90 Å². The minimum absolute atomic E-state index is 0.0334. The molecule has 118 valence electrons. The Morgan fingerprint density at radius 1 is 1.33 bits per heavy atom.